The maximum Gasteiger partial charge on any atom is 0.219 e. The van der Waals surface area contributed by atoms with Crippen molar-refractivity contribution in [3.63, 3.8) is 0 Å². The number of fused-ring (bicyclic) bond motifs is 1. The van der Waals surface area contributed by atoms with Crippen LogP contribution in [0, 0.1) is 0 Å². The molecule has 0 aliphatic carbocycles. The molecule has 4 rings (SSSR count). The Balaban J connectivity index is 1.41. The minimum atomic E-state index is 0.147. The van der Waals surface area contributed by atoms with E-state index in [-0.39, 0.29) is 11.8 Å². The zero-order valence-electron chi connectivity index (χ0n) is 17.6. The molecule has 1 amide bonds. The van der Waals surface area contributed by atoms with Crippen molar-refractivity contribution < 1.29 is 4.79 Å². The van der Waals surface area contributed by atoms with Crippen molar-refractivity contribution in [3.8, 4) is 0 Å². The van der Waals surface area contributed by atoms with E-state index in [4.69, 9.17) is 4.98 Å². The summed E-state index contributed by atoms with van der Waals surface area (Å²) in [5.74, 6) is 2.55. The second-order valence-corrected chi connectivity index (χ2v) is 8.57. The van der Waals surface area contributed by atoms with E-state index < -0.39 is 0 Å². The molecule has 2 aromatic rings. The van der Waals surface area contributed by atoms with Crippen LogP contribution in [0.4, 0.5) is 0 Å². The highest BCUT2D eigenvalue weighted by Crippen LogP contribution is 2.26. The Morgan fingerprint density at radius 2 is 1.97 bits per heavy atom. The molecule has 0 bridgehead atoms. The second kappa shape index (κ2) is 8.53. The van der Waals surface area contributed by atoms with Crippen molar-refractivity contribution in [1.82, 2.24) is 29.7 Å². The van der Waals surface area contributed by atoms with Crippen LogP contribution in [0.15, 0.2) is 18.6 Å². The van der Waals surface area contributed by atoms with Crippen LogP contribution in [0.25, 0.3) is 0 Å². The van der Waals surface area contributed by atoms with Crippen LogP contribution in [0.1, 0.15) is 73.9 Å². The Bertz CT molecular complexity index is 866. The van der Waals surface area contributed by atoms with E-state index in [9.17, 15) is 4.79 Å². The largest absolute Gasteiger partial charge is 0.342 e. The molecule has 1 atom stereocenters. The van der Waals surface area contributed by atoms with Crippen LogP contribution in [-0.2, 0) is 24.3 Å². The van der Waals surface area contributed by atoms with Crippen LogP contribution in [0.2, 0.25) is 0 Å². The Labute approximate surface area is 172 Å². The SMILES string of the molecule is CC(=O)N1CCCC(c2ncc3c(n2)CCN(Cc2cnc(C(C)C)nc2)C3)C1. The molecule has 154 valence electrons. The van der Waals surface area contributed by atoms with E-state index >= 15 is 0 Å². The molecular weight excluding hydrogens is 364 g/mol. The Kier molecular flexibility index (Phi) is 5.85. The van der Waals surface area contributed by atoms with Crippen molar-refractivity contribution in [2.24, 2.45) is 0 Å². The molecule has 0 aromatic carbocycles. The van der Waals surface area contributed by atoms with Gasteiger partial charge in [-0.3, -0.25) is 9.69 Å². The first-order valence-corrected chi connectivity index (χ1v) is 10.6. The second-order valence-electron chi connectivity index (χ2n) is 8.57. The van der Waals surface area contributed by atoms with Crippen LogP contribution in [0.5, 0.6) is 0 Å². The smallest absolute Gasteiger partial charge is 0.219 e. The molecule has 1 unspecified atom stereocenters. The number of piperidine rings is 1. The molecule has 0 spiro atoms. The van der Waals surface area contributed by atoms with Gasteiger partial charge in [0.2, 0.25) is 5.91 Å². The predicted molar refractivity (Wildman–Crippen MR) is 110 cm³/mol. The molecule has 2 aromatic heterocycles. The van der Waals surface area contributed by atoms with Crippen molar-refractivity contribution in [3.05, 3.63) is 47.1 Å². The summed E-state index contributed by atoms with van der Waals surface area (Å²) in [7, 11) is 0. The fourth-order valence-corrected chi connectivity index (χ4v) is 4.20. The molecule has 0 radical (unpaired) electrons. The monoisotopic (exact) mass is 394 g/mol. The van der Waals surface area contributed by atoms with E-state index in [1.165, 1.54) is 5.56 Å². The highest BCUT2D eigenvalue weighted by atomic mass is 16.2. The standard InChI is InChI=1S/C22H30N6O/c1-15(2)21-23-9-17(10-24-21)12-27-8-6-20-19(13-27)11-25-22(26-20)18-5-4-7-28(14-18)16(3)29/h9-11,15,18H,4-8,12-14H2,1-3H3. The molecular formula is C22H30N6O. The number of aromatic nitrogens is 4. The van der Waals surface area contributed by atoms with Gasteiger partial charge in [0.1, 0.15) is 11.6 Å². The summed E-state index contributed by atoms with van der Waals surface area (Å²) in [6.45, 7) is 10.1. The van der Waals surface area contributed by atoms with Gasteiger partial charge in [-0.15, -0.1) is 0 Å². The van der Waals surface area contributed by atoms with Crippen molar-refractivity contribution in [2.45, 2.75) is 65.0 Å². The number of nitrogens with zero attached hydrogens (tertiary/aromatic N) is 6. The number of carbonyl (C=O) groups excluding carboxylic acids is 1. The fourth-order valence-electron chi connectivity index (χ4n) is 4.20. The van der Waals surface area contributed by atoms with E-state index in [2.05, 4.69) is 33.7 Å². The number of rotatable bonds is 4. The zero-order chi connectivity index (χ0) is 20.4. The highest BCUT2D eigenvalue weighted by molar-refractivity contribution is 5.73. The third kappa shape index (κ3) is 4.61. The molecule has 0 N–H and O–H groups in total. The summed E-state index contributed by atoms with van der Waals surface area (Å²) >= 11 is 0. The molecule has 2 aliphatic heterocycles. The Morgan fingerprint density at radius 1 is 1.17 bits per heavy atom. The fraction of sp³-hybridized carbons (Fsp3) is 0.591. The zero-order valence-corrected chi connectivity index (χ0v) is 17.6. The third-order valence-electron chi connectivity index (χ3n) is 5.91. The topological polar surface area (TPSA) is 75.1 Å². The lowest BCUT2D eigenvalue weighted by Crippen LogP contribution is -2.38. The maximum absolute atomic E-state index is 11.7. The van der Waals surface area contributed by atoms with Gasteiger partial charge in [0.25, 0.3) is 0 Å². The average Bonchev–Trinajstić information content (AvgIpc) is 2.74. The van der Waals surface area contributed by atoms with Crippen LogP contribution >= 0.6 is 0 Å². The first-order valence-electron chi connectivity index (χ1n) is 10.6. The first kappa shape index (κ1) is 19.9. The molecule has 7 nitrogen and oxygen atoms in total. The summed E-state index contributed by atoms with van der Waals surface area (Å²) < 4.78 is 0. The number of likely N-dealkylation sites (tertiary alicyclic amines) is 1. The highest BCUT2D eigenvalue weighted by Gasteiger charge is 2.26. The van der Waals surface area contributed by atoms with Gasteiger partial charge in [0, 0.05) is 93.3 Å². The summed E-state index contributed by atoms with van der Waals surface area (Å²) in [6.07, 6.45) is 8.90. The molecule has 1 saturated heterocycles. The molecule has 0 saturated carbocycles. The van der Waals surface area contributed by atoms with Gasteiger partial charge < -0.3 is 4.90 Å². The molecule has 4 heterocycles. The summed E-state index contributed by atoms with van der Waals surface area (Å²) in [6, 6.07) is 0. The summed E-state index contributed by atoms with van der Waals surface area (Å²) in [4.78, 5) is 34.6. The first-order chi connectivity index (χ1) is 14.0. The van der Waals surface area contributed by atoms with Gasteiger partial charge >= 0.3 is 0 Å². The Morgan fingerprint density at radius 3 is 2.69 bits per heavy atom. The van der Waals surface area contributed by atoms with Gasteiger partial charge in [0.15, 0.2) is 0 Å². The summed E-state index contributed by atoms with van der Waals surface area (Å²) in [5, 5.41) is 0. The van der Waals surface area contributed by atoms with Crippen LogP contribution < -0.4 is 0 Å². The maximum atomic E-state index is 11.7. The van der Waals surface area contributed by atoms with Gasteiger partial charge in [-0.05, 0) is 12.8 Å². The van der Waals surface area contributed by atoms with Crippen molar-refractivity contribution in [1.29, 1.82) is 0 Å². The molecule has 2 aliphatic rings. The minimum absolute atomic E-state index is 0.147. The van der Waals surface area contributed by atoms with Gasteiger partial charge in [-0.2, -0.15) is 0 Å². The van der Waals surface area contributed by atoms with Crippen LogP contribution in [0.3, 0.4) is 0 Å². The van der Waals surface area contributed by atoms with E-state index in [1.807, 2.05) is 23.5 Å². The van der Waals surface area contributed by atoms with Gasteiger partial charge in [-0.1, -0.05) is 13.8 Å². The lowest BCUT2D eigenvalue weighted by atomic mass is 9.96. The minimum Gasteiger partial charge on any atom is -0.342 e. The molecule has 1 fully saturated rings. The van der Waals surface area contributed by atoms with E-state index in [0.717, 1.165) is 74.9 Å². The van der Waals surface area contributed by atoms with Crippen molar-refractivity contribution >= 4 is 5.91 Å². The quantitative estimate of drug-likeness (QED) is 0.794. The van der Waals surface area contributed by atoms with Gasteiger partial charge in [-0.25, -0.2) is 19.9 Å². The number of amides is 1. The molecule has 7 heteroatoms. The normalized spacial score (nSPS) is 20.0. The Hall–Kier alpha value is -2.41. The average molecular weight is 395 g/mol. The predicted octanol–water partition coefficient (Wildman–Crippen LogP) is 2.67. The number of carbonyl (C=O) groups is 1. The lowest BCUT2D eigenvalue weighted by Gasteiger charge is -2.32. The van der Waals surface area contributed by atoms with E-state index in [0.29, 0.717) is 5.92 Å². The number of hydrogen-bond donors (Lipinski definition) is 0. The van der Waals surface area contributed by atoms with E-state index in [1.54, 1.807) is 6.92 Å². The van der Waals surface area contributed by atoms with Crippen molar-refractivity contribution in [2.75, 3.05) is 19.6 Å². The summed E-state index contributed by atoms with van der Waals surface area (Å²) in [5.41, 5.74) is 3.51. The lowest BCUT2D eigenvalue weighted by molar-refractivity contribution is -0.130. The molecule has 29 heavy (non-hydrogen) atoms. The van der Waals surface area contributed by atoms with Gasteiger partial charge in [0.05, 0.1) is 0 Å². The third-order valence-corrected chi connectivity index (χ3v) is 5.91. The van der Waals surface area contributed by atoms with Crippen LogP contribution in [-0.4, -0.2) is 55.3 Å². The number of hydrogen-bond acceptors (Lipinski definition) is 6.